The average Bonchev–Trinajstić information content (AvgIpc) is 2.68. The van der Waals surface area contributed by atoms with E-state index in [9.17, 15) is 4.39 Å². The molecule has 7 heteroatoms. The fourth-order valence-corrected chi connectivity index (χ4v) is 3.94. The summed E-state index contributed by atoms with van der Waals surface area (Å²) >= 11 is 0. The summed E-state index contributed by atoms with van der Waals surface area (Å²) in [5, 5.41) is 3.56. The van der Waals surface area contributed by atoms with Crippen LogP contribution in [0.4, 0.5) is 21.7 Å². The summed E-state index contributed by atoms with van der Waals surface area (Å²) < 4.78 is 19.0. The third-order valence-corrected chi connectivity index (χ3v) is 5.17. The minimum Gasteiger partial charge on any atom is -0.378 e. The van der Waals surface area contributed by atoms with E-state index in [0.29, 0.717) is 5.92 Å². The molecule has 0 unspecified atom stereocenters. The van der Waals surface area contributed by atoms with Crippen LogP contribution < -0.4 is 15.1 Å². The molecule has 0 radical (unpaired) electrons. The Morgan fingerprint density at radius 3 is 2.78 bits per heavy atom. The highest BCUT2D eigenvalue weighted by Crippen LogP contribution is 2.26. The fraction of sp³-hybridized carbons (Fsp3) is 0.500. The van der Waals surface area contributed by atoms with Crippen molar-refractivity contribution in [3.05, 3.63) is 42.5 Å². The van der Waals surface area contributed by atoms with Crippen molar-refractivity contribution in [2.75, 3.05) is 54.5 Å². The summed E-state index contributed by atoms with van der Waals surface area (Å²) in [4.78, 5) is 13.3. The third kappa shape index (κ3) is 4.47. The van der Waals surface area contributed by atoms with Gasteiger partial charge in [-0.15, -0.1) is 0 Å². The number of anilines is 3. The zero-order valence-corrected chi connectivity index (χ0v) is 15.6. The molecule has 27 heavy (non-hydrogen) atoms. The van der Waals surface area contributed by atoms with Crippen molar-refractivity contribution < 1.29 is 9.13 Å². The molecule has 2 aliphatic rings. The van der Waals surface area contributed by atoms with Crippen molar-refractivity contribution in [1.82, 2.24) is 9.97 Å². The van der Waals surface area contributed by atoms with E-state index in [0.717, 1.165) is 63.1 Å². The van der Waals surface area contributed by atoms with Gasteiger partial charge < -0.3 is 19.9 Å². The van der Waals surface area contributed by atoms with E-state index >= 15 is 0 Å². The Hall–Kier alpha value is -2.41. The second-order valence-corrected chi connectivity index (χ2v) is 7.43. The van der Waals surface area contributed by atoms with Gasteiger partial charge in [0.05, 0.1) is 13.2 Å². The predicted octanol–water partition coefficient (Wildman–Crippen LogP) is 2.78. The molecule has 6 nitrogen and oxygen atoms in total. The largest absolute Gasteiger partial charge is 0.378 e. The van der Waals surface area contributed by atoms with Crippen LogP contribution in [0.1, 0.15) is 13.3 Å². The number of nitrogens with one attached hydrogen (secondary N) is 1. The molecule has 0 aliphatic carbocycles. The summed E-state index contributed by atoms with van der Waals surface area (Å²) in [5.74, 6) is 2.09. The van der Waals surface area contributed by atoms with Gasteiger partial charge >= 0.3 is 0 Å². The molecule has 1 aromatic heterocycles. The molecule has 1 aromatic carbocycles. The highest BCUT2D eigenvalue weighted by molar-refractivity contribution is 5.51. The molecule has 2 aromatic rings. The van der Waals surface area contributed by atoms with Crippen LogP contribution in [0.15, 0.2) is 36.7 Å². The fourth-order valence-electron chi connectivity index (χ4n) is 3.94. The first-order valence-corrected chi connectivity index (χ1v) is 9.59. The highest BCUT2D eigenvalue weighted by atomic mass is 19.1. The molecule has 144 valence electrons. The molecule has 2 fully saturated rings. The van der Waals surface area contributed by atoms with Gasteiger partial charge in [-0.3, -0.25) is 0 Å². The van der Waals surface area contributed by atoms with Gasteiger partial charge in [-0.1, -0.05) is 13.0 Å². The van der Waals surface area contributed by atoms with E-state index in [1.165, 1.54) is 6.07 Å². The summed E-state index contributed by atoms with van der Waals surface area (Å²) in [6, 6.07) is 9.10. The lowest BCUT2D eigenvalue weighted by molar-refractivity contribution is 0.122. The van der Waals surface area contributed by atoms with Gasteiger partial charge in [-0.2, -0.15) is 0 Å². The van der Waals surface area contributed by atoms with Crippen LogP contribution >= 0.6 is 0 Å². The summed E-state index contributed by atoms with van der Waals surface area (Å²) in [7, 11) is 0. The number of ether oxygens (including phenoxy) is 1. The van der Waals surface area contributed by atoms with Crippen molar-refractivity contribution in [1.29, 1.82) is 0 Å². The summed E-state index contributed by atoms with van der Waals surface area (Å²) in [6.07, 6.45) is 2.67. The van der Waals surface area contributed by atoms with E-state index in [2.05, 4.69) is 32.0 Å². The molecule has 0 amide bonds. The number of halogens is 1. The lowest BCUT2D eigenvalue weighted by atomic mass is 9.95. The Morgan fingerprint density at radius 2 is 1.96 bits per heavy atom. The Kier molecular flexibility index (Phi) is 5.38. The number of benzene rings is 1. The van der Waals surface area contributed by atoms with E-state index in [1.807, 2.05) is 12.1 Å². The van der Waals surface area contributed by atoms with Gasteiger partial charge in [0, 0.05) is 44.0 Å². The molecule has 0 bridgehead atoms. The van der Waals surface area contributed by atoms with Crippen molar-refractivity contribution >= 4 is 17.3 Å². The predicted molar refractivity (Wildman–Crippen MR) is 105 cm³/mol. The van der Waals surface area contributed by atoms with Crippen LogP contribution in [0.2, 0.25) is 0 Å². The Morgan fingerprint density at radius 1 is 1.11 bits per heavy atom. The molecule has 2 saturated heterocycles. The summed E-state index contributed by atoms with van der Waals surface area (Å²) in [6.45, 7) is 7.16. The topological polar surface area (TPSA) is 53.5 Å². The smallest absolute Gasteiger partial charge is 0.134 e. The zero-order chi connectivity index (χ0) is 18.6. The molecular formula is C20H26FN5O. The van der Waals surface area contributed by atoms with Crippen LogP contribution in [-0.2, 0) is 4.74 Å². The normalized spacial score (nSPS) is 23.3. The maximum atomic E-state index is 13.6. The second kappa shape index (κ2) is 8.08. The Labute approximate surface area is 159 Å². The van der Waals surface area contributed by atoms with Crippen LogP contribution in [0.25, 0.3) is 0 Å². The first kappa shape index (κ1) is 18.0. The monoisotopic (exact) mass is 371 g/mol. The van der Waals surface area contributed by atoms with E-state index < -0.39 is 0 Å². The van der Waals surface area contributed by atoms with Crippen molar-refractivity contribution in [3.63, 3.8) is 0 Å². The van der Waals surface area contributed by atoms with Gasteiger partial charge in [-0.05, 0) is 30.5 Å². The number of hydrogen-bond donors (Lipinski definition) is 1. The molecule has 1 N–H and O–H groups in total. The molecule has 4 rings (SSSR count). The second-order valence-electron chi connectivity index (χ2n) is 7.43. The minimum atomic E-state index is -0.193. The number of hydrogen-bond acceptors (Lipinski definition) is 6. The number of piperidine rings is 1. The first-order valence-electron chi connectivity index (χ1n) is 9.59. The number of nitrogens with zero attached hydrogens (tertiary/aromatic N) is 4. The molecule has 0 saturated carbocycles. The van der Waals surface area contributed by atoms with Crippen LogP contribution in [-0.4, -0.2) is 55.4 Å². The van der Waals surface area contributed by atoms with Crippen molar-refractivity contribution in [2.45, 2.75) is 19.4 Å². The lowest BCUT2D eigenvalue weighted by Gasteiger charge is -2.38. The quantitative estimate of drug-likeness (QED) is 0.892. The van der Waals surface area contributed by atoms with E-state index in [1.54, 1.807) is 18.5 Å². The standard InChI is InChI=1S/C20H26FN5O/c1-15-9-17(13-26(12-15)18-4-2-3-16(21)10-18)24-19-11-20(23-14-22-19)25-5-7-27-8-6-25/h2-4,10-11,14-15,17H,5-9,12-13H2,1H3,(H,22,23,24)/t15-,17-/m1/s1. The Bertz CT molecular complexity index is 768. The number of aromatic nitrogens is 2. The average molecular weight is 371 g/mol. The van der Waals surface area contributed by atoms with Crippen LogP contribution in [0.3, 0.4) is 0 Å². The van der Waals surface area contributed by atoms with Gasteiger partial charge in [-0.25, -0.2) is 14.4 Å². The molecular weight excluding hydrogens is 345 g/mol. The molecule has 0 spiro atoms. The molecule has 2 aliphatic heterocycles. The maximum absolute atomic E-state index is 13.6. The SMILES string of the molecule is C[C@@H]1C[C@@H](Nc2cc(N3CCOCC3)ncn2)CN(c2cccc(F)c2)C1. The zero-order valence-electron chi connectivity index (χ0n) is 15.6. The van der Waals surface area contributed by atoms with Gasteiger partial charge in [0.2, 0.25) is 0 Å². The van der Waals surface area contributed by atoms with Gasteiger partial charge in [0.15, 0.2) is 0 Å². The van der Waals surface area contributed by atoms with E-state index in [4.69, 9.17) is 4.74 Å². The number of rotatable bonds is 4. The summed E-state index contributed by atoms with van der Waals surface area (Å²) in [5.41, 5.74) is 0.935. The third-order valence-electron chi connectivity index (χ3n) is 5.17. The molecule has 3 heterocycles. The first-order chi connectivity index (χ1) is 13.2. The van der Waals surface area contributed by atoms with Crippen molar-refractivity contribution in [2.24, 2.45) is 5.92 Å². The van der Waals surface area contributed by atoms with Crippen molar-refractivity contribution in [3.8, 4) is 0 Å². The molecule has 2 atom stereocenters. The maximum Gasteiger partial charge on any atom is 0.134 e. The van der Waals surface area contributed by atoms with Gasteiger partial charge in [0.25, 0.3) is 0 Å². The highest BCUT2D eigenvalue weighted by Gasteiger charge is 2.25. The lowest BCUT2D eigenvalue weighted by Crippen LogP contribution is -2.46. The van der Waals surface area contributed by atoms with E-state index in [-0.39, 0.29) is 11.9 Å². The Balaban J connectivity index is 1.45. The number of morpholine rings is 1. The van der Waals surface area contributed by atoms with Gasteiger partial charge in [0.1, 0.15) is 23.8 Å². The minimum absolute atomic E-state index is 0.193. The van der Waals surface area contributed by atoms with Crippen LogP contribution in [0.5, 0.6) is 0 Å². The van der Waals surface area contributed by atoms with Crippen LogP contribution in [0, 0.1) is 11.7 Å².